The summed E-state index contributed by atoms with van der Waals surface area (Å²) in [5, 5.41) is 0. The lowest BCUT2D eigenvalue weighted by Gasteiger charge is -2.23. The Balaban J connectivity index is 1.46. The Labute approximate surface area is 143 Å². The van der Waals surface area contributed by atoms with E-state index in [1.807, 2.05) is 16.7 Å². The Hall–Kier alpha value is -1.04. The summed E-state index contributed by atoms with van der Waals surface area (Å²) in [6, 6.07) is 10.5. The highest BCUT2D eigenvalue weighted by atomic mass is 32.2. The Kier molecular flexibility index (Phi) is 5.62. The minimum Gasteiger partial charge on any atom is -0.383 e. The fraction of sp³-hybridized carbons (Fsp3) is 0.611. The fourth-order valence-electron chi connectivity index (χ4n) is 3.64. The predicted molar refractivity (Wildman–Crippen MR) is 93.7 cm³/mol. The fourth-order valence-corrected chi connectivity index (χ4v) is 4.58. The van der Waals surface area contributed by atoms with Gasteiger partial charge in [0.25, 0.3) is 0 Å². The van der Waals surface area contributed by atoms with Crippen LogP contribution >= 0.6 is 11.8 Å². The lowest BCUT2D eigenvalue weighted by molar-refractivity contribution is -0.136. The average molecular weight is 334 g/mol. The number of carbonyl (C=O) groups is 1. The third-order valence-corrected chi connectivity index (χ3v) is 6.01. The summed E-state index contributed by atoms with van der Waals surface area (Å²) in [6.45, 7) is 5.32. The molecule has 1 aromatic rings. The molecule has 2 heterocycles. The molecule has 23 heavy (non-hydrogen) atoms. The molecule has 2 saturated heterocycles. The zero-order chi connectivity index (χ0) is 16.1. The van der Waals surface area contributed by atoms with Crippen molar-refractivity contribution in [2.75, 3.05) is 52.2 Å². The molecule has 1 aromatic carbocycles. The molecule has 4 nitrogen and oxygen atoms in total. The van der Waals surface area contributed by atoms with Gasteiger partial charge in [0.05, 0.1) is 12.0 Å². The Morgan fingerprint density at radius 1 is 1.17 bits per heavy atom. The molecular weight excluding hydrogens is 308 g/mol. The number of hydrogen-bond donors (Lipinski definition) is 0. The lowest BCUT2D eigenvalue weighted by atomic mass is 9.85. The second-order valence-corrected chi connectivity index (χ2v) is 7.67. The van der Waals surface area contributed by atoms with E-state index in [0.29, 0.717) is 12.5 Å². The standard InChI is InChI=1S/C18H26N2O2S/c1-22-13-11-20-10-8-18(17(20)21)7-9-19(15-18)12-14-23-16-5-3-2-4-6-16/h2-6H,7-15H2,1H3. The number of likely N-dealkylation sites (tertiary alicyclic amines) is 2. The summed E-state index contributed by atoms with van der Waals surface area (Å²) in [6.07, 6.45) is 2.03. The predicted octanol–water partition coefficient (Wildman–Crippen LogP) is 2.35. The summed E-state index contributed by atoms with van der Waals surface area (Å²) in [5.74, 6) is 1.44. The van der Waals surface area contributed by atoms with Gasteiger partial charge < -0.3 is 14.5 Å². The summed E-state index contributed by atoms with van der Waals surface area (Å²) in [5.41, 5.74) is -0.106. The van der Waals surface area contributed by atoms with Gasteiger partial charge in [0, 0.05) is 43.9 Å². The molecule has 0 aromatic heterocycles. The SMILES string of the molecule is COCCN1CCC2(CCN(CCSc3ccccc3)C2)C1=O. The van der Waals surface area contributed by atoms with Crippen LogP contribution in [-0.2, 0) is 9.53 Å². The number of methoxy groups -OCH3 is 1. The first-order chi connectivity index (χ1) is 11.2. The monoisotopic (exact) mass is 334 g/mol. The zero-order valence-corrected chi connectivity index (χ0v) is 14.7. The van der Waals surface area contributed by atoms with Crippen molar-refractivity contribution in [2.45, 2.75) is 17.7 Å². The van der Waals surface area contributed by atoms with E-state index in [-0.39, 0.29) is 5.41 Å². The van der Waals surface area contributed by atoms with E-state index in [1.165, 1.54) is 4.90 Å². The average Bonchev–Trinajstić information content (AvgIpc) is 3.12. The highest BCUT2D eigenvalue weighted by Gasteiger charge is 2.50. The van der Waals surface area contributed by atoms with Crippen LogP contribution in [0.25, 0.3) is 0 Å². The van der Waals surface area contributed by atoms with Crippen molar-refractivity contribution in [1.29, 1.82) is 0 Å². The maximum Gasteiger partial charge on any atom is 0.230 e. The van der Waals surface area contributed by atoms with Gasteiger partial charge in [0.2, 0.25) is 5.91 Å². The molecule has 126 valence electrons. The van der Waals surface area contributed by atoms with Crippen LogP contribution in [0, 0.1) is 5.41 Å². The number of hydrogen-bond acceptors (Lipinski definition) is 4. The first-order valence-corrected chi connectivity index (χ1v) is 9.41. The summed E-state index contributed by atoms with van der Waals surface area (Å²) in [7, 11) is 1.69. The van der Waals surface area contributed by atoms with Gasteiger partial charge in [-0.15, -0.1) is 11.8 Å². The summed E-state index contributed by atoms with van der Waals surface area (Å²) >= 11 is 1.90. The van der Waals surface area contributed by atoms with Crippen LogP contribution < -0.4 is 0 Å². The summed E-state index contributed by atoms with van der Waals surface area (Å²) < 4.78 is 5.11. The first kappa shape index (κ1) is 16.8. The maximum absolute atomic E-state index is 12.7. The number of amides is 1. The second-order valence-electron chi connectivity index (χ2n) is 6.50. The van der Waals surface area contributed by atoms with E-state index in [4.69, 9.17) is 4.74 Å². The molecule has 0 saturated carbocycles. The third-order valence-electron chi connectivity index (χ3n) is 5.02. The van der Waals surface area contributed by atoms with E-state index in [0.717, 1.165) is 51.3 Å². The smallest absolute Gasteiger partial charge is 0.230 e. The number of thioether (sulfide) groups is 1. The van der Waals surface area contributed by atoms with Gasteiger partial charge in [-0.25, -0.2) is 0 Å². The van der Waals surface area contributed by atoms with Gasteiger partial charge in [0.15, 0.2) is 0 Å². The van der Waals surface area contributed by atoms with E-state index in [2.05, 4.69) is 35.2 Å². The van der Waals surface area contributed by atoms with Crippen LogP contribution in [0.1, 0.15) is 12.8 Å². The van der Waals surface area contributed by atoms with Crippen LogP contribution in [0.4, 0.5) is 0 Å². The second kappa shape index (κ2) is 7.69. The van der Waals surface area contributed by atoms with Crippen LogP contribution in [0.2, 0.25) is 0 Å². The first-order valence-electron chi connectivity index (χ1n) is 8.42. The number of nitrogens with zero attached hydrogens (tertiary/aromatic N) is 2. The van der Waals surface area contributed by atoms with Gasteiger partial charge in [-0.1, -0.05) is 18.2 Å². The molecule has 1 unspecified atom stereocenters. The van der Waals surface area contributed by atoms with Crippen molar-refractivity contribution >= 4 is 17.7 Å². The van der Waals surface area contributed by atoms with Crippen molar-refractivity contribution < 1.29 is 9.53 Å². The normalized spacial score (nSPS) is 24.9. The zero-order valence-electron chi connectivity index (χ0n) is 13.9. The quantitative estimate of drug-likeness (QED) is 0.717. The molecule has 2 aliphatic heterocycles. The van der Waals surface area contributed by atoms with Crippen molar-refractivity contribution in [3.63, 3.8) is 0 Å². The third kappa shape index (κ3) is 3.90. The molecular formula is C18H26N2O2S. The Bertz CT molecular complexity index is 525. The molecule has 1 spiro atoms. The summed E-state index contributed by atoms with van der Waals surface area (Å²) in [4.78, 5) is 18.5. The number of carbonyl (C=O) groups excluding carboxylic acids is 1. The highest BCUT2D eigenvalue weighted by Crippen LogP contribution is 2.40. The molecule has 0 bridgehead atoms. The molecule has 1 atom stereocenters. The molecule has 0 radical (unpaired) electrons. The van der Waals surface area contributed by atoms with E-state index >= 15 is 0 Å². The Morgan fingerprint density at radius 2 is 1.96 bits per heavy atom. The molecule has 5 heteroatoms. The topological polar surface area (TPSA) is 32.8 Å². The van der Waals surface area contributed by atoms with Crippen molar-refractivity contribution in [3.8, 4) is 0 Å². The van der Waals surface area contributed by atoms with Gasteiger partial charge in [-0.3, -0.25) is 4.79 Å². The molecule has 1 amide bonds. The number of benzene rings is 1. The minimum atomic E-state index is -0.106. The number of ether oxygens (including phenoxy) is 1. The van der Waals surface area contributed by atoms with Gasteiger partial charge in [-0.05, 0) is 31.5 Å². The van der Waals surface area contributed by atoms with Crippen LogP contribution in [0.5, 0.6) is 0 Å². The van der Waals surface area contributed by atoms with Gasteiger partial charge in [0.1, 0.15) is 0 Å². The van der Waals surface area contributed by atoms with Crippen LogP contribution in [-0.4, -0.2) is 67.9 Å². The highest BCUT2D eigenvalue weighted by molar-refractivity contribution is 7.99. The molecule has 0 aliphatic carbocycles. The molecule has 0 N–H and O–H groups in total. The lowest BCUT2D eigenvalue weighted by Crippen LogP contribution is -2.38. The van der Waals surface area contributed by atoms with Crippen LogP contribution in [0.3, 0.4) is 0 Å². The largest absolute Gasteiger partial charge is 0.383 e. The molecule has 3 rings (SSSR count). The minimum absolute atomic E-state index is 0.106. The molecule has 2 aliphatic rings. The van der Waals surface area contributed by atoms with E-state index < -0.39 is 0 Å². The molecule has 2 fully saturated rings. The van der Waals surface area contributed by atoms with Crippen LogP contribution in [0.15, 0.2) is 35.2 Å². The van der Waals surface area contributed by atoms with E-state index in [9.17, 15) is 4.79 Å². The van der Waals surface area contributed by atoms with E-state index in [1.54, 1.807) is 7.11 Å². The van der Waals surface area contributed by atoms with Crippen molar-refractivity contribution in [3.05, 3.63) is 30.3 Å². The van der Waals surface area contributed by atoms with Gasteiger partial charge >= 0.3 is 0 Å². The Morgan fingerprint density at radius 3 is 2.74 bits per heavy atom. The van der Waals surface area contributed by atoms with Crippen molar-refractivity contribution in [1.82, 2.24) is 9.80 Å². The van der Waals surface area contributed by atoms with Crippen molar-refractivity contribution in [2.24, 2.45) is 5.41 Å². The number of rotatable bonds is 7. The maximum atomic E-state index is 12.7. The van der Waals surface area contributed by atoms with Gasteiger partial charge in [-0.2, -0.15) is 0 Å².